The third kappa shape index (κ3) is 3.53. The first-order valence-corrected chi connectivity index (χ1v) is 8.31. The molecule has 1 aliphatic carbocycles. The van der Waals surface area contributed by atoms with Crippen molar-refractivity contribution in [2.75, 3.05) is 6.54 Å². The topological polar surface area (TPSA) is 38.1 Å². The van der Waals surface area contributed by atoms with Gasteiger partial charge < -0.3 is 4.90 Å². The number of rotatable bonds is 3. The molecule has 0 spiro atoms. The SMILES string of the molecule is O=C(C1CCCCC1C(F)(F)F)N1CCCC1Cn1cccn1. The number of amides is 1. The summed E-state index contributed by atoms with van der Waals surface area (Å²) in [5.74, 6) is -2.68. The molecule has 0 aromatic carbocycles. The van der Waals surface area contributed by atoms with Gasteiger partial charge in [0, 0.05) is 24.9 Å². The van der Waals surface area contributed by atoms with E-state index in [0.29, 0.717) is 32.4 Å². The van der Waals surface area contributed by atoms with Gasteiger partial charge in [-0.2, -0.15) is 18.3 Å². The summed E-state index contributed by atoms with van der Waals surface area (Å²) in [6, 6.07) is 1.76. The number of hydrogen-bond donors (Lipinski definition) is 0. The van der Waals surface area contributed by atoms with Crippen LogP contribution in [0.25, 0.3) is 0 Å². The molecule has 1 aromatic heterocycles. The number of nitrogens with zero attached hydrogens (tertiary/aromatic N) is 3. The van der Waals surface area contributed by atoms with Crippen molar-refractivity contribution in [2.45, 2.75) is 57.3 Å². The molecule has 0 bridgehead atoms. The zero-order valence-corrected chi connectivity index (χ0v) is 13.0. The van der Waals surface area contributed by atoms with Crippen molar-refractivity contribution < 1.29 is 18.0 Å². The van der Waals surface area contributed by atoms with Crippen LogP contribution in [-0.2, 0) is 11.3 Å². The van der Waals surface area contributed by atoms with Gasteiger partial charge in [0.05, 0.1) is 18.5 Å². The summed E-state index contributed by atoms with van der Waals surface area (Å²) >= 11 is 0. The third-order valence-electron chi connectivity index (χ3n) is 5.12. The van der Waals surface area contributed by atoms with Crippen molar-refractivity contribution in [3.05, 3.63) is 18.5 Å². The summed E-state index contributed by atoms with van der Waals surface area (Å²) in [4.78, 5) is 14.5. The molecule has 3 unspecified atom stereocenters. The maximum Gasteiger partial charge on any atom is 0.392 e. The Kier molecular flexibility index (Phi) is 4.64. The Morgan fingerprint density at radius 2 is 1.96 bits per heavy atom. The molecular weight excluding hydrogens is 307 g/mol. The fraction of sp³-hybridized carbons (Fsp3) is 0.750. The van der Waals surface area contributed by atoms with Gasteiger partial charge in [0.15, 0.2) is 0 Å². The first-order chi connectivity index (χ1) is 11.0. The van der Waals surface area contributed by atoms with Gasteiger partial charge in [0.25, 0.3) is 0 Å². The summed E-state index contributed by atoms with van der Waals surface area (Å²) in [6.07, 6.45) is 2.59. The van der Waals surface area contributed by atoms with Crippen LogP contribution in [0.15, 0.2) is 18.5 Å². The van der Waals surface area contributed by atoms with Crippen LogP contribution in [0.3, 0.4) is 0 Å². The summed E-state index contributed by atoms with van der Waals surface area (Å²) in [6.45, 7) is 1.12. The second-order valence-corrected chi connectivity index (χ2v) is 6.59. The van der Waals surface area contributed by atoms with Crippen molar-refractivity contribution in [1.82, 2.24) is 14.7 Å². The number of carbonyl (C=O) groups excluding carboxylic acids is 1. The first-order valence-electron chi connectivity index (χ1n) is 8.31. The normalized spacial score (nSPS) is 29.0. The van der Waals surface area contributed by atoms with Crippen LogP contribution in [0.2, 0.25) is 0 Å². The molecule has 2 heterocycles. The number of aromatic nitrogens is 2. The van der Waals surface area contributed by atoms with Gasteiger partial charge in [-0.15, -0.1) is 0 Å². The van der Waals surface area contributed by atoms with E-state index in [0.717, 1.165) is 12.8 Å². The van der Waals surface area contributed by atoms with E-state index in [4.69, 9.17) is 0 Å². The summed E-state index contributed by atoms with van der Waals surface area (Å²) in [7, 11) is 0. The molecule has 3 rings (SSSR count). The quantitative estimate of drug-likeness (QED) is 0.854. The minimum atomic E-state index is -4.28. The Bertz CT molecular complexity index is 529. The van der Waals surface area contributed by atoms with Crippen LogP contribution in [0.5, 0.6) is 0 Å². The van der Waals surface area contributed by atoms with Gasteiger partial charge in [0.2, 0.25) is 5.91 Å². The van der Waals surface area contributed by atoms with Crippen molar-refractivity contribution in [3.63, 3.8) is 0 Å². The van der Waals surface area contributed by atoms with Gasteiger partial charge in [0.1, 0.15) is 0 Å². The minimum absolute atomic E-state index is 0.0433. The summed E-state index contributed by atoms with van der Waals surface area (Å²) in [5, 5.41) is 4.14. The van der Waals surface area contributed by atoms with Gasteiger partial charge >= 0.3 is 6.18 Å². The van der Waals surface area contributed by atoms with Crippen LogP contribution in [0, 0.1) is 11.8 Å². The van der Waals surface area contributed by atoms with E-state index in [-0.39, 0.29) is 18.4 Å². The fourth-order valence-corrected chi connectivity index (χ4v) is 3.97. The molecule has 0 N–H and O–H groups in total. The maximum absolute atomic E-state index is 13.3. The molecule has 4 nitrogen and oxygen atoms in total. The third-order valence-corrected chi connectivity index (χ3v) is 5.12. The smallest absolute Gasteiger partial charge is 0.338 e. The van der Waals surface area contributed by atoms with E-state index in [1.54, 1.807) is 15.8 Å². The molecule has 1 aliphatic heterocycles. The monoisotopic (exact) mass is 329 g/mol. The molecule has 2 fully saturated rings. The van der Waals surface area contributed by atoms with E-state index in [1.165, 1.54) is 0 Å². The lowest BCUT2D eigenvalue weighted by Gasteiger charge is -2.36. The Hall–Kier alpha value is -1.53. The fourth-order valence-electron chi connectivity index (χ4n) is 3.97. The van der Waals surface area contributed by atoms with Crippen LogP contribution in [0.1, 0.15) is 38.5 Å². The predicted molar refractivity (Wildman–Crippen MR) is 78.5 cm³/mol. The van der Waals surface area contributed by atoms with Crippen LogP contribution in [0.4, 0.5) is 13.2 Å². The van der Waals surface area contributed by atoms with Crippen molar-refractivity contribution >= 4 is 5.91 Å². The van der Waals surface area contributed by atoms with Crippen LogP contribution in [-0.4, -0.2) is 39.4 Å². The Morgan fingerprint density at radius 1 is 1.17 bits per heavy atom. The van der Waals surface area contributed by atoms with Crippen LogP contribution < -0.4 is 0 Å². The molecule has 23 heavy (non-hydrogen) atoms. The first kappa shape index (κ1) is 16.3. The van der Waals surface area contributed by atoms with Gasteiger partial charge in [-0.05, 0) is 31.7 Å². The molecule has 1 aromatic rings. The average Bonchev–Trinajstić information content (AvgIpc) is 3.18. The standard InChI is InChI=1S/C16H22F3N3O/c17-16(18,19)14-7-2-1-6-13(14)15(23)22-10-3-5-12(22)11-21-9-4-8-20-21/h4,8-9,12-14H,1-3,5-7,10-11H2. The lowest BCUT2D eigenvalue weighted by atomic mass is 9.78. The molecule has 128 valence electrons. The van der Waals surface area contributed by atoms with Gasteiger partial charge in [-0.25, -0.2) is 0 Å². The molecule has 1 saturated heterocycles. The number of alkyl halides is 3. The van der Waals surface area contributed by atoms with Crippen molar-refractivity contribution in [3.8, 4) is 0 Å². The molecule has 0 radical (unpaired) electrons. The highest BCUT2D eigenvalue weighted by atomic mass is 19.4. The van der Waals surface area contributed by atoms with E-state index in [9.17, 15) is 18.0 Å². The van der Waals surface area contributed by atoms with Gasteiger partial charge in [-0.1, -0.05) is 12.8 Å². The van der Waals surface area contributed by atoms with E-state index >= 15 is 0 Å². The van der Waals surface area contributed by atoms with E-state index < -0.39 is 18.0 Å². The second kappa shape index (κ2) is 6.53. The molecule has 1 amide bonds. The molecule has 3 atom stereocenters. The van der Waals surface area contributed by atoms with E-state index in [1.807, 2.05) is 12.3 Å². The average molecular weight is 329 g/mol. The van der Waals surface area contributed by atoms with Crippen molar-refractivity contribution in [2.24, 2.45) is 11.8 Å². The zero-order valence-electron chi connectivity index (χ0n) is 13.0. The van der Waals surface area contributed by atoms with Gasteiger partial charge in [-0.3, -0.25) is 9.48 Å². The van der Waals surface area contributed by atoms with Crippen molar-refractivity contribution in [1.29, 1.82) is 0 Å². The predicted octanol–water partition coefficient (Wildman–Crippen LogP) is 3.24. The Labute approximate surface area is 133 Å². The Balaban J connectivity index is 1.72. The highest BCUT2D eigenvalue weighted by Gasteiger charge is 2.49. The lowest BCUT2D eigenvalue weighted by molar-refractivity contribution is -0.201. The number of carbonyl (C=O) groups is 1. The van der Waals surface area contributed by atoms with E-state index in [2.05, 4.69) is 5.10 Å². The minimum Gasteiger partial charge on any atom is -0.338 e. The maximum atomic E-state index is 13.3. The molecule has 2 aliphatic rings. The number of halogens is 3. The summed E-state index contributed by atoms with van der Waals surface area (Å²) in [5.41, 5.74) is 0. The number of likely N-dealkylation sites (tertiary alicyclic amines) is 1. The summed E-state index contributed by atoms with van der Waals surface area (Å²) < 4.78 is 41.5. The number of hydrogen-bond acceptors (Lipinski definition) is 2. The highest BCUT2D eigenvalue weighted by molar-refractivity contribution is 5.80. The lowest BCUT2D eigenvalue weighted by Crippen LogP contribution is -2.47. The zero-order chi connectivity index (χ0) is 16.4. The highest BCUT2D eigenvalue weighted by Crippen LogP contribution is 2.42. The largest absolute Gasteiger partial charge is 0.392 e. The Morgan fingerprint density at radius 3 is 2.65 bits per heavy atom. The molecular formula is C16H22F3N3O. The molecule has 7 heteroatoms. The molecule has 1 saturated carbocycles. The van der Waals surface area contributed by atoms with Crippen LogP contribution >= 0.6 is 0 Å². The second-order valence-electron chi connectivity index (χ2n) is 6.59.